The molecule has 0 aliphatic heterocycles. The summed E-state index contributed by atoms with van der Waals surface area (Å²) in [6.07, 6.45) is 0. The molecule has 1 rings (SSSR count). The van der Waals surface area contributed by atoms with Crippen LogP contribution in [0.1, 0.15) is 41.6 Å². The van der Waals surface area contributed by atoms with Crippen molar-refractivity contribution in [3.05, 3.63) is 16.0 Å². The van der Waals surface area contributed by atoms with Gasteiger partial charge in [0.1, 0.15) is 5.00 Å². The Balaban J connectivity index is 3.03. The molecule has 0 aromatic carbocycles. The summed E-state index contributed by atoms with van der Waals surface area (Å²) in [4.78, 5) is 12.9. The van der Waals surface area contributed by atoms with Gasteiger partial charge >= 0.3 is 5.97 Å². The first kappa shape index (κ1) is 17.9. The maximum absolute atomic E-state index is 12.0. The van der Waals surface area contributed by atoms with E-state index in [-0.39, 0.29) is 18.1 Å². The largest absolute Gasteiger partial charge is 0.462 e. The number of aryl methyl sites for hydroxylation is 1. The monoisotopic (exact) mass is 334 g/mol. The lowest BCUT2D eigenvalue weighted by Crippen LogP contribution is -2.33. The van der Waals surface area contributed by atoms with Crippen LogP contribution in [0.15, 0.2) is 0 Å². The second-order valence-electron chi connectivity index (χ2n) is 5.06. The first-order chi connectivity index (χ1) is 9.68. The molecule has 0 unspecified atom stereocenters. The molecule has 1 heterocycles. The summed E-state index contributed by atoms with van der Waals surface area (Å²) in [6, 6.07) is 0. The van der Waals surface area contributed by atoms with E-state index in [9.17, 15) is 13.2 Å². The number of carbonyl (C=O) groups excluding carboxylic acids is 1. The van der Waals surface area contributed by atoms with E-state index in [0.717, 1.165) is 10.4 Å². The molecule has 1 aromatic rings. The van der Waals surface area contributed by atoms with Crippen molar-refractivity contribution in [2.24, 2.45) is 5.92 Å². The third-order valence-corrected chi connectivity index (χ3v) is 5.04. The molecule has 0 spiro atoms. The maximum Gasteiger partial charge on any atom is 0.341 e. The predicted octanol–water partition coefficient (Wildman–Crippen LogP) is 2.44. The number of esters is 1. The summed E-state index contributed by atoms with van der Waals surface area (Å²) in [5.41, 5.74) is 1.02. The summed E-state index contributed by atoms with van der Waals surface area (Å²) >= 11 is 1.23. The second-order valence-corrected chi connectivity index (χ2v) is 7.78. The molecule has 0 amide bonds. The Morgan fingerprint density at radius 1 is 1.33 bits per heavy atom. The van der Waals surface area contributed by atoms with Crippen molar-refractivity contribution in [3.8, 4) is 0 Å². The van der Waals surface area contributed by atoms with Gasteiger partial charge in [0.15, 0.2) is 0 Å². The van der Waals surface area contributed by atoms with Gasteiger partial charge in [-0.1, -0.05) is 13.8 Å². The fourth-order valence-electron chi connectivity index (χ4n) is 1.58. The first-order valence-electron chi connectivity index (χ1n) is 6.72. The van der Waals surface area contributed by atoms with Gasteiger partial charge in [-0.15, -0.1) is 11.3 Å². The average Bonchev–Trinajstić information content (AvgIpc) is 2.62. The van der Waals surface area contributed by atoms with E-state index in [0.29, 0.717) is 11.5 Å². The third-order valence-electron chi connectivity index (χ3n) is 2.77. The molecule has 0 atom stereocenters. The lowest BCUT2D eigenvalue weighted by atomic mass is 10.2. The Hall–Kier alpha value is -1.12. The summed E-state index contributed by atoms with van der Waals surface area (Å²) < 4.78 is 33.8. The molecule has 0 fully saturated rings. The zero-order chi connectivity index (χ0) is 16.2. The van der Waals surface area contributed by atoms with Crippen LogP contribution in [-0.4, -0.2) is 27.5 Å². The number of ether oxygens (including phenoxy) is 1. The normalized spacial score (nSPS) is 11.7. The van der Waals surface area contributed by atoms with E-state index in [1.54, 1.807) is 13.8 Å². The number of anilines is 1. The Bertz CT molecular complexity index is 606. The molecule has 6 nitrogen and oxygen atoms in total. The number of rotatable bonds is 7. The second kappa shape index (κ2) is 7.24. The van der Waals surface area contributed by atoms with Gasteiger partial charge in [0, 0.05) is 11.4 Å². The van der Waals surface area contributed by atoms with Crippen LogP contribution in [0.3, 0.4) is 0 Å². The molecule has 120 valence electrons. The third kappa shape index (κ3) is 4.98. The van der Waals surface area contributed by atoms with Crippen LogP contribution >= 0.6 is 11.3 Å². The van der Waals surface area contributed by atoms with Crippen LogP contribution in [0.5, 0.6) is 0 Å². The lowest BCUT2D eigenvalue weighted by molar-refractivity contribution is 0.0527. The Labute approximate surface area is 130 Å². The van der Waals surface area contributed by atoms with Crippen molar-refractivity contribution in [2.75, 3.05) is 17.9 Å². The highest BCUT2D eigenvalue weighted by Crippen LogP contribution is 2.33. The Morgan fingerprint density at radius 2 is 1.95 bits per heavy atom. The number of hydrogen-bond acceptors (Lipinski definition) is 5. The van der Waals surface area contributed by atoms with Crippen LogP contribution in [0, 0.1) is 19.8 Å². The van der Waals surface area contributed by atoms with Crippen molar-refractivity contribution in [2.45, 2.75) is 34.6 Å². The fraction of sp³-hybridized carbons (Fsp3) is 0.615. The molecule has 0 radical (unpaired) electrons. The zero-order valence-corrected chi connectivity index (χ0v) is 14.6. The van der Waals surface area contributed by atoms with Crippen LogP contribution in [0.2, 0.25) is 0 Å². The van der Waals surface area contributed by atoms with Crippen molar-refractivity contribution in [3.63, 3.8) is 0 Å². The van der Waals surface area contributed by atoms with Gasteiger partial charge in [-0.2, -0.15) is 13.1 Å². The Morgan fingerprint density at radius 3 is 2.48 bits per heavy atom. The molecule has 1 aromatic heterocycles. The lowest BCUT2D eigenvalue weighted by Gasteiger charge is -2.11. The number of carbonyl (C=O) groups is 1. The minimum absolute atomic E-state index is 0.193. The van der Waals surface area contributed by atoms with E-state index < -0.39 is 16.2 Å². The molecule has 0 aliphatic carbocycles. The van der Waals surface area contributed by atoms with Gasteiger partial charge in [0.25, 0.3) is 10.2 Å². The van der Waals surface area contributed by atoms with Crippen molar-refractivity contribution < 1.29 is 17.9 Å². The van der Waals surface area contributed by atoms with Crippen LogP contribution in [0.25, 0.3) is 0 Å². The number of hydrogen-bond donors (Lipinski definition) is 2. The minimum Gasteiger partial charge on any atom is -0.462 e. The van der Waals surface area contributed by atoms with Gasteiger partial charge in [0.2, 0.25) is 0 Å². The molecule has 0 saturated carbocycles. The standard InChI is InChI=1S/C13H22N2O4S2/c1-6-19-13(16)11-9(4)10(5)20-12(11)15-21(17,18)14-7-8(2)3/h8,14-15H,6-7H2,1-5H3. The molecule has 21 heavy (non-hydrogen) atoms. The first-order valence-corrected chi connectivity index (χ1v) is 9.02. The topological polar surface area (TPSA) is 84.5 Å². The van der Waals surface area contributed by atoms with E-state index in [4.69, 9.17) is 4.74 Å². The molecule has 0 bridgehead atoms. The highest BCUT2D eigenvalue weighted by Gasteiger charge is 2.23. The van der Waals surface area contributed by atoms with E-state index >= 15 is 0 Å². The molecule has 2 N–H and O–H groups in total. The average molecular weight is 334 g/mol. The van der Waals surface area contributed by atoms with E-state index in [2.05, 4.69) is 9.44 Å². The molecule has 8 heteroatoms. The molecular weight excluding hydrogens is 312 g/mol. The molecular formula is C13H22N2O4S2. The van der Waals surface area contributed by atoms with Gasteiger partial charge in [-0.25, -0.2) is 4.79 Å². The van der Waals surface area contributed by atoms with E-state index in [1.165, 1.54) is 11.3 Å². The number of nitrogens with one attached hydrogen (secondary N) is 2. The SMILES string of the molecule is CCOC(=O)c1c(NS(=O)(=O)NCC(C)C)sc(C)c1C. The summed E-state index contributed by atoms with van der Waals surface area (Å²) in [7, 11) is -3.70. The van der Waals surface area contributed by atoms with Gasteiger partial charge in [-0.05, 0) is 32.3 Å². The van der Waals surface area contributed by atoms with Crippen LogP contribution < -0.4 is 9.44 Å². The van der Waals surface area contributed by atoms with Gasteiger partial charge in [0.05, 0.1) is 12.2 Å². The number of thiophene rings is 1. The van der Waals surface area contributed by atoms with Crippen molar-refractivity contribution in [1.29, 1.82) is 0 Å². The van der Waals surface area contributed by atoms with Crippen molar-refractivity contribution in [1.82, 2.24) is 4.72 Å². The molecule has 0 aliphatic rings. The zero-order valence-electron chi connectivity index (χ0n) is 12.9. The van der Waals surface area contributed by atoms with Crippen LogP contribution in [0.4, 0.5) is 5.00 Å². The Kier molecular flexibility index (Phi) is 6.18. The smallest absolute Gasteiger partial charge is 0.341 e. The highest BCUT2D eigenvalue weighted by molar-refractivity contribution is 7.91. The van der Waals surface area contributed by atoms with Gasteiger partial charge < -0.3 is 4.74 Å². The maximum atomic E-state index is 12.0. The fourth-order valence-corrected chi connectivity index (χ4v) is 3.95. The van der Waals surface area contributed by atoms with E-state index in [1.807, 2.05) is 20.8 Å². The van der Waals surface area contributed by atoms with Gasteiger partial charge in [-0.3, -0.25) is 4.72 Å². The summed E-state index contributed by atoms with van der Waals surface area (Å²) in [5, 5.41) is 0.291. The molecule has 0 saturated heterocycles. The van der Waals surface area contributed by atoms with Crippen LogP contribution in [-0.2, 0) is 14.9 Å². The highest BCUT2D eigenvalue weighted by atomic mass is 32.2. The summed E-state index contributed by atoms with van der Waals surface area (Å²) in [6.45, 7) is 9.70. The minimum atomic E-state index is -3.70. The quantitative estimate of drug-likeness (QED) is 0.750. The predicted molar refractivity (Wildman–Crippen MR) is 85.1 cm³/mol. The summed E-state index contributed by atoms with van der Waals surface area (Å²) in [5.74, 6) is -0.321. The van der Waals surface area contributed by atoms with Crippen molar-refractivity contribution >= 4 is 32.5 Å².